The van der Waals surface area contributed by atoms with Gasteiger partial charge in [0.15, 0.2) is 0 Å². The molecule has 0 amide bonds. The van der Waals surface area contributed by atoms with E-state index in [0.717, 1.165) is 6.42 Å². The zero-order valence-corrected chi connectivity index (χ0v) is 11.9. The van der Waals surface area contributed by atoms with Gasteiger partial charge in [-0.3, -0.25) is 4.79 Å². The summed E-state index contributed by atoms with van der Waals surface area (Å²) < 4.78 is 0. The summed E-state index contributed by atoms with van der Waals surface area (Å²) in [6.07, 6.45) is 4.19. The maximum atomic E-state index is 12.4. The van der Waals surface area contributed by atoms with Crippen LogP contribution in [-0.2, 0) is 4.79 Å². The number of fused-ring (bicyclic) bond motifs is 2. The van der Waals surface area contributed by atoms with E-state index in [1.165, 1.54) is 24.0 Å². The van der Waals surface area contributed by atoms with Crippen LogP contribution in [0.4, 0.5) is 0 Å². The van der Waals surface area contributed by atoms with Gasteiger partial charge >= 0.3 is 0 Å². The van der Waals surface area contributed by atoms with Crippen molar-refractivity contribution in [2.45, 2.75) is 57.5 Å². The Labute approximate surface area is 115 Å². The molecule has 2 aliphatic heterocycles. The molecule has 3 rings (SSSR count). The summed E-state index contributed by atoms with van der Waals surface area (Å²) in [5.41, 5.74) is 2.65. The molecule has 0 radical (unpaired) electrons. The van der Waals surface area contributed by atoms with Crippen LogP contribution in [0.3, 0.4) is 0 Å². The zero-order valence-electron chi connectivity index (χ0n) is 11.9. The van der Waals surface area contributed by atoms with Crippen LogP contribution in [0.1, 0.15) is 49.7 Å². The molecule has 0 saturated carbocycles. The van der Waals surface area contributed by atoms with Crippen molar-refractivity contribution in [1.82, 2.24) is 5.32 Å². The number of Topliss-reactive ketones (excluding diaryl/α,β-unsaturated/α-hetero) is 1. The van der Waals surface area contributed by atoms with Gasteiger partial charge in [0.1, 0.15) is 5.78 Å². The van der Waals surface area contributed by atoms with Crippen molar-refractivity contribution < 1.29 is 4.79 Å². The molecule has 2 saturated heterocycles. The lowest BCUT2D eigenvalue weighted by Gasteiger charge is -2.37. The van der Waals surface area contributed by atoms with Crippen LogP contribution in [0, 0.1) is 12.8 Å². The number of aryl methyl sites for hydroxylation is 1. The lowest BCUT2D eigenvalue weighted by atomic mass is 9.74. The van der Waals surface area contributed by atoms with E-state index in [4.69, 9.17) is 0 Å². The molecule has 0 aliphatic carbocycles. The van der Waals surface area contributed by atoms with Crippen molar-refractivity contribution >= 4 is 5.78 Å². The Morgan fingerprint density at radius 2 is 2.00 bits per heavy atom. The number of ketones is 1. The molecule has 2 fully saturated rings. The first-order valence-electron chi connectivity index (χ1n) is 7.54. The number of hydrogen-bond acceptors (Lipinski definition) is 2. The molecule has 2 bridgehead atoms. The van der Waals surface area contributed by atoms with Crippen molar-refractivity contribution in [3.05, 3.63) is 35.4 Å². The summed E-state index contributed by atoms with van der Waals surface area (Å²) in [4.78, 5) is 12.4. The van der Waals surface area contributed by atoms with Gasteiger partial charge in [-0.15, -0.1) is 0 Å². The third-order valence-electron chi connectivity index (χ3n) is 4.91. The molecule has 0 spiro atoms. The van der Waals surface area contributed by atoms with Gasteiger partial charge in [0.25, 0.3) is 0 Å². The van der Waals surface area contributed by atoms with Gasteiger partial charge in [-0.05, 0) is 37.7 Å². The number of carbonyl (C=O) groups is 1. The van der Waals surface area contributed by atoms with E-state index in [1.807, 2.05) is 6.92 Å². The highest BCUT2D eigenvalue weighted by atomic mass is 16.1. The summed E-state index contributed by atoms with van der Waals surface area (Å²) in [5, 5.41) is 3.65. The Balaban J connectivity index is 1.92. The van der Waals surface area contributed by atoms with E-state index in [2.05, 4.69) is 36.5 Å². The Bertz CT molecular complexity index is 465. The number of nitrogens with one attached hydrogen (secondary N) is 1. The summed E-state index contributed by atoms with van der Waals surface area (Å²) in [6, 6.07) is 9.83. The van der Waals surface area contributed by atoms with Crippen LogP contribution >= 0.6 is 0 Å². The second-order valence-corrected chi connectivity index (χ2v) is 6.15. The third-order valence-corrected chi connectivity index (χ3v) is 4.91. The topological polar surface area (TPSA) is 29.1 Å². The number of benzene rings is 1. The fourth-order valence-corrected chi connectivity index (χ4v) is 3.89. The summed E-state index contributed by atoms with van der Waals surface area (Å²) in [6.45, 7) is 4.11. The van der Waals surface area contributed by atoms with E-state index in [9.17, 15) is 4.79 Å². The quantitative estimate of drug-likeness (QED) is 0.901. The Hall–Kier alpha value is -1.15. The average molecular weight is 257 g/mol. The lowest BCUT2D eigenvalue weighted by molar-refractivity contribution is -0.124. The van der Waals surface area contributed by atoms with Crippen LogP contribution in [-0.4, -0.2) is 17.9 Å². The average Bonchev–Trinajstić information content (AvgIpc) is 2.80. The maximum absolute atomic E-state index is 12.4. The first kappa shape index (κ1) is 12.9. The van der Waals surface area contributed by atoms with Crippen LogP contribution in [0.5, 0.6) is 0 Å². The van der Waals surface area contributed by atoms with Crippen molar-refractivity contribution in [3.8, 4) is 0 Å². The van der Waals surface area contributed by atoms with Gasteiger partial charge in [0.05, 0.1) is 0 Å². The van der Waals surface area contributed by atoms with Gasteiger partial charge < -0.3 is 5.32 Å². The van der Waals surface area contributed by atoms with E-state index >= 15 is 0 Å². The Morgan fingerprint density at radius 3 is 2.68 bits per heavy atom. The van der Waals surface area contributed by atoms with E-state index in [0.29, 0.717) is 30.2 Å². The number of hydrogen-bond donors (Lipinski definition) is 1. The lowest BCUT2D eigenvalue weighted by Crippen LogP contribution is -2.47. The van der Waals surface area contributed by atoms with Gasteiger partial charge in [0, 0.05) is 24.4 Å². The third kappa shape index (κ3) is 2.34. The van der Waals surface area contributed by atoms with Crippen molar-refractivity contribution in [3.63, 3.8) is 0 Å². The molecule has 4 atom stereocenters. The molecule has 2 heterocycles. The minimum absolute atomic E-state index is 0.187. The molecule has 2 heteroatoms. The standard InChI is InChI=1S/C17H23NO/c1-3-16(19)17-14(10-13-8-9-15(17)18-13)12-6-4-11(2)5-7-12/h4-7,13-15,17-18H,3,8-10H2,1-2H3/t13-,14-,15+,17-/m0/s1. The maximum Gasteiger partial charge on any atom is 0.137 e. The minimum atomic E-state index is 0.187. The second kappa shape index (κ2) is 5.09. The number of piperidine rings is 1. The predicted octanol–water partition coefficient (Wildman–Crippen LogP) is 3.20. The molecule has 102 valence electrons. The van der Waals surface area contributed by atoms with Crippen molar-refractivity contribution in [1.29, 1.82) is 0 Å². The summed E-state index contributed by atoms with van der Waals surface area (Å²) >= 11 is 0. The van der Waals surface area contributed by atoms with Crippen LogP contribution in [0.25, 0.3) is 0 Å². The number of rotatable bonds is 3. The van der Waals surface area contributed by atoms with Gasteiger partial charge in [-0.25, -0.2) is 0 Å². The van der Waals surface area contributed by atoms with E-state index in [1.54, 1.807) is 0 Å². The molecule has 1 aromatic rings. The fourth-order valence-electron chi connectivity index (χ4n) is 3.89. The molecule has 19 heavy (non-hydrogen) atoms. The predicted molar refractivity (Wildman–Crippen MR) is 77.3 cm³/mol. The van der Waals surface area contributed by atoms with Gasteiger partial charge in [-0.1, -0.05) is 36.8 Å². The van der Waals surface area contributed by atoms with Crippen LogP contribution in [0.2, 0.25) is 0 Å². The van der Waals surface area contributed by atoms with Crippen molar-refractivity contribution in [2.24, 2.45) is 5.92 Å². The molecular weight excluding hydrogens is 234 g/mol. The Kier molecular flexibility index (Phi) is 3.44. The van der Waals surface area contributed by atoms with Crippen molar-refractivity contribution in [2.75, 3.05) is 0 Å². The van der Waals surface area contributed by atoms with Gasteiger partial charge in [-0.2, -0.15) is 0 Å². The fraction of sp³-hybridized carbons (Fsp3) is 0.588. The Morgan fingerprint density at radius 1 is 1.26 bits per heavy atom. The molecule has 0 unspecified atom stereocenters. The first-order valence-corrected chi connectivity index (χ1v) is 7.54. The molecule has 1 aromatic carbocycles. The van der Waals surface area contributed by atoms with Gasteiger partial charge in [0.2, 0.25) is 0 Å². The zero-order chi connectivity index (χ0) is 13.4. The summed E-state index contributed by atoms with van der Waals surface area (Å²) in [7, 11) is 0. The molecule has 0 aromatic heterocycles. The molecular formula is C17H23NO. The monoisotopic (exact) mass is 257 g/mol. The highest BCUT2D eigenvalue weighted by molar-refractivity contribution is 5.82. The minimum Gasteiger partial charge on any atom is -0.310 e. The highest BCUT2D eigenvalue weighted by Gasteiger charge is 2.44. The molecule has 2 aliphatic rings. The van der Waals surface area contributed by atoms with Crippen LogP contribution < -0.4 is 5.32 Å². The smallest absolute Gasteiger partial charge is 0.137 e. The van der Waals surface area contributed by atoms with E-state index in [-0.39, 0.29) is 5.92 Å². The SMILES string of the molecule is CCC(=O)[C@@H]1[C@H]2CC[C@@H](C[C@H]1c1ccc(C)cc1)N2. The first-order chi connectivity index (χ1) is 9.19. The van der Waals surface area contributed by atoms with E-state index < -0.39 is 0 Å². The normalized spacial score (nSPS) is 33.4. The highest BCUT2D eigenvalue weighted by Crippen LogP contribution is 2.42. The second-order valence-electron chi connectivity index (χ2n) is 6.15. The van der Waals surface area contributed by atoms with Crippen LogP contribution in [0.15, 0.2) is 24.3 Å². The number of carbonyl (C=O) groups excluding carboxylic acids is 1. The molecule has 2 nitrogen and oxygen atoms in total. The summed E-state index contributed by atoms with van der Waals surface area (Å²) in [5.74, 6) is 1.04. The molecule has 1 N–H and O–H groups in total. The largest absolute Gasteiger partial charge is 0.310 e.